The molecule has 1 amide bonds. The van der Waals surface area contributed by atoms with Crippen molar-refractivity contribution in [3.8, 4) is 0 Å². The lowest BCUT2D eigenvalue weighted by atomic mass is 10.1. The summed E-state index contributed by atoms with van der Waals surface area (Å²) >= 11 is 12.2. The number of hydrogen-bond donors (Lipinski definition) is 2. The van der Waals surface area contributed by atoms with Crippen molar-refractivity contribution in [1.82, 2.24) is 0 Å². The summed E-state index contributed by atoms with van der Waals surface area (Å²) in [5.74, 6) is -2.33. The summed E-state index contributed by atoms with van der Waals surface area (Å²) < 4.78 is 28.0. The molecular weight excluding hydrogens is 509 g/mol. The Kier molecular flexibility index (Phi) is 7.10. The number of non-ortho nitro benzene ring substituents is 1. The molecule has 0 saturated heterocycles. The van der Waals surface area contributed by atoms with E-state index in [1.807, 2.05) is 0 Å². The molecule has 0 heterocycles. The summed E-state index contributed by atoms with van der Waals surface area (Å²) in [5, 5.41) is 24.1. The first-order valence-electron chi connectivity index (χ1n) is 9.28. The first-order valence-corrected chi connectivity index (χ1v) is 11.5. The number of carboxylic acids is 1. The zero-order valence-electron chi connectivity index (χ0n) is 17.2. The second-order valence-corrected chi connectivity index (χ2v) is 9.41. The highest BCUT2D eigenvalue weighted by molar-refractivity contribution is 7.92. The van der Waals surface area contributed by atoms with Crippen LogP contribution in [-0.2, 0) is 10.0 Å². The largest absolute Gasteiger partial charge is 0.545 e. The maximum Gasteiger partial charge on any atom is 0.271 e. The SMILES string of the molecule is Cc1ccc([N+](=O)[O-])cc1NC(=O)c1cc(S(=O)(=O)Nc2cccc(C(=O)[O-])c2)c(Cl)cc1Cl. The summed E-state index contributed by atoms with van der Waals surface area (Å²) in [4.78, 5) is 33.8. The van der Waals surface area contributed by atoms with Crippen molar-refractivity contribution in [2.24, 2.45) is 0 Å². The standard InChI is InChI=1S/C21H15Cl2N3O7S/c1-11-5-6-14(26(30)31)8-18(11)24-20(27)15-9-19(17(23)10-16(15)22)34(32,33)25-13-4-2-3-12(7-13)21(28)29/h2-10,25H,1H3,(H,24,27)(H,28,29)/p-1. The Hall–Kier alpha value is -3.67. The molecule has 0 unspecified atom stereocenters. The van der Waals surface area contributed by atoms with Gasteiger partial charge in [-0.3, -0.25) is 19.6 Å². The lowest BCUT2D eigenvalue weighted by Gasteiger charge is -2.14. The third-order valence-electron chi connectivity index (χ3n) is 4.59. The number of nitro groups is 1. The van der Waals surface area contributed by atoms with Crippen LogP contribution in [-0.4, -0.2) is 25.2 Å². The molecule has 0 aromatic heterocycles. The highest BCUT2D eigenvalue weighted by Gasteiger charge is 2.24. The average molecular weight is 523 g/mol. The van der Waals surface area contributed by atoms with E-state index < -0.39 is 31.7 Å². The zero-order valence-corrected chi connectivity index (χ0v) is 19.5. The van der Waals surface area contributed by atoms with Crippen molar-refractivity contribution in [3.63, 3.8) is 0 Å². The van der Waals surface area contributed by atoms with Gasteiger partial charge in [0.25, 0.3) is 21.6 Å². The molecule has 0 fully saturated rings. The number of hydrogen-bond acceptors (Lipinski definition) is 7. The monoisotopic (exact) mass is 522 g/mol. The highest BCUT2D eigenvalue weighted by Crippen LogP contribution is 2.31. The van der Waals surface area contributed by atoms with Gasteiger partial charge in [-0.2, -0.15) is 0 Å². The minimum atomic E-state index is -4.38. The van der Waals surface area contributed by atoms with Crippen molar-refractivity contribution in [2.75, 3.05) is 10.0 Å². The average Bonchev–Trinajstić information content (AvgIpc) is 2.74. The van der Waals surface area contributed by atoms with Crippen LogP contribution in [0.15, 0.2) is 59.5 Å². The summed E-state index contributed by atoms with van der Waals surface area (Å²) in [6.07, 6.45) is 0. The summed E-state index contributed by atoms with van der Waals surface area (Å²) in [6, 6.07) is 10.8. The zero-order chi connectivity index (χ0) is 25.2. The first-order chi connectivity index (χ1) is 15.9. The molecule has 2 N–H and O–H groups in total. The molecule has 0 atom stereocenters. The van der Waals surface area contributed by atoms with Crippen molar-refractivity contribution in [3.05, 3.63) is 91.4 Å². The minimum absolute atomic E-state index is 0.0778. The van der Waals surface area contributed by atoms with Gasteiger partial charge in [-0.25, -0.2) is 8.42 Å². The van der Waals surface area contributed by atoms with Crippen LogP contribution >= 0.6 is 23.2 Å². The van der Waals surface area contributed by atoms with Crippen LogP contribution in [0.25, 0.3) is 0 Å². The van der Waals surface area contributed by atoms with Crippen LogP contribution in [0, 0.1) is 17.0 Å². The van der Waals surface area contributed by atoms with Gasteiger partial charge in [0.05, 0.1) is 32.2 Å². The molecule has 0 spiro atoms. The van der Waals surface area contributed by atoms with E-state index in [0.29, 0.717) is 5.56 Å². The normalized spacial score (nSPS) is 11.0. The van der Waals surface area contributed by atoms with Gasteiger partial charge in [0.1, 0.15) is 4.90 Å². The van der Waals surface area contributed by atoms with Gasteiger partial charge in [-0.15, -0.1) is 0 Å². The number of carbonyl (C=O) groups excluding carboxylic acids is 2. The topological polar surface area (TPSA) is 159 Å². The number of anilines is 2. The Morgan fingerprint density at radius 2 is 1.71 bits per heavy atom. The van der Waals surface area contributed by atoms with Crippen LogP contribution in [0.5, 0.6) is 0 Å². The van der Waals surface area contributed by atoms with Gasteiger partial charge in [-0.1, -0.05) is 41.4 Å². The predicted molar refractivity (Wildman–Crippen MR) is 124 cm³/mol. The lowest BCUT2D eigenvalue weighted by Crippen LogP contribution is -2.22. The van der Waals surface area contributed by atoms with Gasteiger partial charge in [0.15, 0.2) is 0 Å². The summed E-state index contributed by atoms with van der Waals surface area (Å²) in [7, 11) is -4.38. The molecule has 3 rings (SSSR count). The second kappa shape index (κ2) is 9.67. The molecule has 0 aliphatic rings. The Balaban J connectivity index is 1.97. The van der Waals surface area contributed by atoms with E-state index in [9.17, 15) is 33.2 Å². The van der Waals surface area contributed by atoms with Gasteiger partial charge in [0, 0.05) is 17.8 Å². The Morgan fingerprint density at radius 3 is 2.35 bits per heavy atom. The predicted octanol–water partition coefficient (Wildman–Crippen LogP) is 3.63. The van der Waals surface area contributed by atoms with Crippen molar-refractivity contribution >= 4 is 62.2 Å². The van der Waals surface area contributed by atoms with Crippen LogP contribution in [0.4, 0.5) is 17.1 Å². The molecule has 3 aromatic rings. The number of carbonyl (C=O) groups is 2. The fraction of sp³-hybridized carbons (Fsp3) is 0.0476. The van der Waals surface area contributed by atoms with E-state index in [4.69, 9.17) is 23.2 Å². The van der Waals surface area contributed by atoms with Gasteiger partial charge in [-0.05, 0) is 42.3 Å². The number of halogens is 2. The Labute approximate surface area is 203 Å². The van der Waals surface area contributed by atoms with Crippen molar-refractivity contribution in [2.45, 2.75) is 11.8 Å². The number of benzene rings is 3. The number of carboxylic acid groups (broad SMARTS) is 1. The van der Waals surface area contributed by atoms with E-state index in [2.05, 4.69) is 10.0 Å². The minimum Gasteiger partial charge on any atom is -0.545 e. The van der Waals surface area contributed by atoms with Crippen molar-refractivity contribution < 1.29 is 28.0 Å². The van der Waals surface area contributed by atoms with E-state index in [-0.39, 0.29) is 38.2 Å². The molecule has 34 heavy (non-hydrogen) atoms. The third kappa shape index (κ3) is 5.45. The second-order valence-electron chi connectivity index (χ2n) is 6.95. The molecule has 0 aliphatic carbocycles. The number of nitrogens with zero attached hydrogens (tertiary/aromatic N) is 1. The summed E-state index contributed by atoms with van der Waals surface area (Å²) in [6.45, 7) is 1.61. The Morgan fingerprint density at radius 1 is 1.00 bits per heavy atom. The Bertz CT molecular complexity index is 1440. The van der Waals surface area contributed by atoms with Crippen LogP contribution < -0.4 is 15.1 Å². The van der Waals surface area contributed by atoms with E-state index in [1.54, 1.807) is 6.92 Å². The maximum atomic E-state index is 12.9. The van der Waals surface area contributed by atoms with Crippen LogP contribution in [0.2, 0.25) is 10.0 Å². The highest BCUT2D eigenvalue weighted by atomic mass is 35.5. The molecule has 3 aromatic carbocycles. The van der Waals surface area contributed by atoms with Gasteiger partial charge in [0.2, 0.25) is 0 Å². The molecule has 0 radical (unpaired) electrons. The molecular formula is C21H14Cl2N3O7S-. The molecule has 0 bridgehead atoms. The number of aromatic carboxylic acids is 1. The molecule has 10 nitrogen and oxygen atoms in total. The third-order valence-corrected chi connectivity index (χ3v) is 6.75. The molecule has 0 aliphatic heterocycles. The lowest BCUT2D eigenvalue weighted by molar-refractivity contribution is -0.384. The number of amides is 1. The van der Waals surface area contributed by atoms with Gasteiger partial charge >= 0.3 is 0 Å². The van der Waals surface area contributed by atoms with Crippen LogP contribution in [0.1, 0.15) is 26.3 Å². The van der Waals surface area contributed by atoms with Crippen molar-refractivity contribution in [1.29, 1.82) is 0 Å². The molecule has 13 heteroatoms. The number of nitro benzene ring substituents is 1. The first kappa shape index (κ1) is 25.0. The number of rotatable bonds is 7. The fourth-order valence-corrected chi connectivity index (χ4v) is 4.79. The van der Waals surface area contributed by atoms with Crippen LogP contribution in [0.3, 0.4) is 0 Å². The fourth-order valence-electron chi connectivity index (χ4n) is 2.88. The quantitative estimate of drug-likeness (QED) is 0.353. The number of nitrogens with one attached hydrogen (secondary N) is 2. The molecule has 176 valence electrons. The van der Waals surface area contributed by atoms with Gasteiger partial charge < -0.3 is 15.2 Å². The molecule has 0 saturated carbocycles. The summed E-state index contributed by atoms with van der Waals surface area (Å²) in [5.41, 5.74) is -0.200. The number of aryl methyl sites for hydroxylation is 1. The van der Waals surface area contributed by atoms with E-state index in [1.165, 1.54) is 30.3 Å². The van der Waals surface area contributed by atoms with E-state index >= 15 is 0 Å². The number of sulfonamides is 1. The van der Waals surface area contributed by atoms with E-state index in [0.717, 1.165) is 24.3 Å². The maximum absolute atomic E-state index is 12.9. The smallest absolute Gasteiger partial charge is 0.271 e.